The Morgan fingerprint density at radius 2 is 1.90 bits per heavy atom. The molecule has 1 heterocycles. The maximum atomic E-state index is 11.8. The molecule has 1 rings (SSSR count). The van der Waals surface area contributed by atoms with Gasteiger partial charge >= 0.3 is 12.0 Å². The Morgan fingerprint density at radius 1 is 1.24 bits per heavy atom. The third-order valence-electron chi connectivity index (χ3n) is 4.76. The zero-order chi connectivity index (χ0) is 15.9. The summed E-state index contributed by atoms with van der Waals surface area (Å²) in [7, 11) is 0. The van der Waals surface area contributed by atoms with Crippen LogP contribution in [-0.2, 0) is 4.79 Å². The van der Waals surface area contributed by atoms with Crippen molar-refractivity contribution in [2.75, 3.05) is 32.7 Å². The average molecular weight is 299 g/mol. The highest BCUT2D eigenvalue weighted by Gasteiger charge is 2.35. The second-order valence-electron chi connectivity index (χ2n) is 5.90. The van der Waals surface area contributed by atoms with Crippen LogP contribution in [0.15, 0.2) is 0 Å². The van der Waals surface area contributed by atoms with Gasteiger partial charge in [0, 0.05) is 19.6 Å². The maximum Gasteiger partial charge on any atom is 0.314 e. The van der Waals surface area contributed by atoms with Crippen molar-refractivity contribution in [1.82, 2.24) is 15.5 Å². The van der Waals surface area contributed by atoms with E-state index in [1.165, 1.54) is 0 Å². The SMILES string of the molecule is CCN1CCC(CNC(=O)NCC(CC)(CC)C(=O)O)C1. The van der Waals surface area contributed by atoms with Gasteiger partial charge in [-0.05, 0) is 38.3 Å². The number of carbonyl (C=O) groups excluding carboxylic acids is 1. The third kappa shape index (κ3) is 4.88. The van der Waals surface area contributed by atoms with Crippen LogP contribution in [0.3, 0.4) is 0 Å². The Bertz CT molecular complexity index is 356. The van der Waals surface area contributed by atoms with E-state index in [9.17, 15) is 14.7 Å². The number of urea groups is 1. The highest BCUT2D eigenvalue weighted by molar-refractivity contribution is 5.78. The van der Waals surface area contributed by atoms with E-state index in [2.05, 4.69) is 22.5 Å². The second-order valence-corrected chi connectivity index (χ2v) is 5.90. The van der Waals surface area contributed by atoms with Crippen LogP contribution in [0.1, 0.15) is 40.0 Å². The number of carboxylic acid groups (broad SMARTS) is 1. The lowest BCUT2D eigenvalue weighted by Crippen LogP contribution is -2.46. The van der Waals surface area contributed by atoms with Crippen molar-refractivity contribution in [3.05, 3.63) is 0 Å². The van der Waals surface area contributed by atoms with Crippen molar-refractivity contribution in [3.8, 4) is 0 Å². The van der Waals surface area contributed by atoms with E-state index < -0.39 is 11.4 Å². The zero-order valence-electron chi connectivity index (χ0n) is 13.4. The van der Waals surface area contributed by atoms with Crippen LogP contribution in [0.4, 0.5) is 4.79 Å². The molecule has 1 aliphatic heterocycles. The van der Waals surface area contributed by atoms with Crippen LogP contribution in [0.5, 0.6) is 0 Å². The molecule has 0 aromatic carbocycles. The Labute approximate surface area is 127 Å². The van der Waals surface area contributed by atoms with E-state index in [1.54, 1.807) is 0 Å². The number of carboxylic acids is 1. The standard InChI is InChI=1S/C15H29N3O3/c1-4-15(5-2,13(19)20)11-17-14(21)16-9-12-7-8-18(6-3)10-12/h12H,4-11H2,1-3H3,(H,19,20)(H2,16,17,21). The van der Waals surface area contributed by atoms with Gasteiger partial charge in [-0.25, -0.2) is 4.79 Å². The highest BCUT2D eigenvalue weighted by Crippen LogP contribution is 2.25. The fourth-order valence-corrected chi connectivity index (χ4v) is 2.79. The molecule has 0 aliphatic carbocycles. The van der Waals surface area contributed by atoms with Gasteiger partial charge in [-0.3, -0.25) is 4.79 Å². The number of aliphatic carboxylic acids is 1. The van der Waals surface area contributed by atoms with E-state index in [0.717, 1.165) is 26.1 Å². The Morgan fingerprint density at radius 3 is 2.38 bits per heavy atom. The molecule has 21 heavy (non-hydrogen) atoms. The van der Waals surface area contributed by atoms with Gasteiger partial charge in [0.2, 0.25) is 0 Å². The number of hydrogen-bond acceptors (Lipinski definition) is 3. The molecule has 1 aliphatic rings. The first-order chi connectivity index (χ1) is 9.97. The molecule has 6 heteroatoms. The number of rotatable bonds is 8. The number of amides is 2. The summed E-state index contributed by atoms with van der Waals surface area (Å²) in [6.45, 7) is 9.83. The van der Waals surface area contributed by atoms with Crippen molar-refractivity contribution >= 4 is 12.0 Å². The lowest BCUT2D eigenvalue weighted by molar-refractivity contribution is -0.149. The van der Waals surface area contributed by atoms with Gasteiger partial charge in [0.15, 0.2) is 0 Å². The Kier molecular flexibility index (Phi) is 6.95. The van der Waals surface area contributed by atoms with Crippen molar-refractivity contribution in [2.45, 2.75) is 40.0 Å². The van der Waals surface area contributed by atoms with Gasteiger partial charge in [-0.1, -0.05) is 20.8 Å². The fraction of sp³-hybridized carbons (Fsp3) is 0.867. The van der Waals surface area contributed by atoms with Crippen molar-refractivity contribution in [2.24, 2.45) is 11.3 Å². The van der Waals surface area contributed by atoms with Gasteiger partial charge in [-0.15, -0.1) is 0 Å². The topological polar surface area (TPSA) is 81.7 Å². The molecule has 1 saturated heterocycles. The van der Waals surface area contributed by atoms with Crippen LogP contribution in [-0.4, -0.2) is 54.7 Å². The smallest absolute Gasteiger partial charge is 0.314 e. The van der Waals surface area contributed by atoms with E-state index in [0.29, 0.717) is 25.3 Å². The minimum Gasteiger partial charge on any atom is -0.481 e. The van der Waals surface area contributed by atoms with E-state index in [4.69, 9.17) is 0 Å². The van der Waals surface area contributed by atoms with Crippen LogP contribution in [0, 0.1) is 11.3 Å². The predicted molar refractivity (Wildman–Crippen MR) is 82.3 cm³/mol. The molecule has 0 saturated carbocycles. The largest absolute Gasteiger partial charge is 0.481 e. The van der Waals surface area contributed by atoms with Crippen molar-refractivity contribution in [1.29, 1.82) is 0 Å². The summed E-state index contributed by atoms with van der Waals surface area (Å²) in [6.07, 6.45) is 2.12. The molecule has 0 bridgehead atoms. The minimum absolute atomic E-state index is 0.174. The Hall–Kier alpha value is -1.30. The highest BCUT2D eigenvalue weighted by atomic mass is 16.4. The number of nitrogens with zero attached hydrogens (tertiary/aromatic N) is 1. The summed E-state index contributed by atoms with van der Waals surface area (Å²) in [5.41, 5.74) is -0.857. The molecular weight excluding hydrogens is 270 g/mol. The summed E-state index contributed by atoms with van der Waals surface area (Å²) in [4.78, 5) is 25.5. The maximum absolute atomic E-state index is 11.8. The van der Waals surface area contributed by atoms with Gasteiger partial charge in [0.25, 0.3) is 0 Å². The van der Waals surface area contributed by atoms with Crippen molar-refractivity contribution in [3.63, 3.8) is 0 Å². The average Bonchev–Trinajstić information content (AvgIpc) is 2.94. The van der Waals surface area contributed by atoms with Gasteiger partial charge < -0.3 is 20.6 Å². The van der Waals surface area contributed by atoms with Crippen LogP contribution in [0.2, 0.25) is 0 Å². The lowest BCUT2D eigenvalue weighted by Gasteiger charge is -2.27. The third-order valence-corrected chi connectivity index (χ3v) is 4.76. The lowest BCUT2D eigenvalue weighted by atomic mass is 9.82. The second kappa shape index (κ2) is 8.22. The van der Waals surface area contributed by atoms with Crippen molar-refractivity contribution < 1.29 is 14.7 Å². The monoisotopic (exact) mass is 299 g/mol. The predicted octanol–water partition coefficient (Wildman–Crippen LogP) is 1.52. The summed E-state index contributed by atoms with van der Waals surface area (Å²) >= 11 is 0. The summed E-state index contributed by atoms with van der Waals surface area (Å²) in [6, 6.07) is -0.266. The fourth-order valence-electron chi connectivity index (χ4n) is 2.79. The number of hydrogen-bond donors (Lipinski definition) is 3. The molecule has 0 radical (unpaired) electrons. The number of likely N-dealkylation sites (tertiary alicyclic amines) is 1. The number of nitrogens with one attached hydrogen (secondary N) is 2. The summed E-state index contributed by atoms with van der Waals surface area (Å²) in [5, 5.41) is 14.9. The molecule has 0 aromatic rings. The molecule has 1 unspecified atom stereocenters. The molecular formula is C15H29N3O3. The minimum atomic E-state index is -0.857. The van der Waals surface area contributed by atoms with Crippen LogP contribution in [0.25, 0.3) is 0 Å². The van der Waals surface area contributed by atoms with Gasteiger partial charge in [0.05, 0.1) is 5.41 Å². The quantitative estimate of drug-likeness (QED) is 0.634. The molecule has 1 fully saturated rings. The molecule has 1 atom stereocenters. The van der Waals surface area contributed by atoms with E-state index in [1.807, 2.05) is 13.8 Å². The van der Waals surface area contributed by atoms with E-state index >= 15 is 0 Å². The van der Waals surface area contributed by atoms with Crippen LogP contribution < -0.4 is 10.6 Å². The van der Waals surface area contributed by atoms with E-state index in [-0.39, 0.29) is 12.6 Å². The first-order valence-corrected chi connectivity index (χ1v) is 7.94. The molecule has 0 spiro atoms. The molecule has 3 N–H and O–H groups in total. The zero-order valence-corrected chi connectivity index (χ0v) is 13.4. The molecule has 0 aromatic heterocycles. The molecule has 2 amide bonds. The molecule has 6 nitrogen and oxygen atoms in total. The van der Waals surface area contributed by atoms with Crippen LogP contribution >= 0.6 is 0 Å². The normalized spacial score (nSPS) is 19.5. The number of carbonyl (C=O) groups is 2. The summed E-state index contributed by atoms with van der Waals surface area (Å²) < 4.78 is 0. The van der Waals surface area contributed by atoms with Gasteiger partial charge in [-0.2, -0.15) is 0 Å². The summed E-state index contributed by atoms with van der Waals surface area (Å²) in [5.74, 6) is -0.348. The molecule has 122 valence electrons. The first-order valence-electron chi connectivity index (χ1n) is 7.94. The van der Waals surface area contributed by atoms with Gasteiger partial charge in [0.1, 0.15) is 0 Å². The Balaban J connectivity index is 2.32. The first kappa shape index (κ1) is 17.8.